The Labute approximate surface area is 103 Å². The van der Waals surface area contributed by atoms with Crippen LogP contribution in [-0.2, 0) is 5.60 Å². The van der Waals surface area contributed by atoms with E-state index in [0.717, 1.165) is 21.5 Å². The minimum atomic E-state index is -0.630. The number of rotatable bonds is 1. The average molecular weight is 287 g/mol. The van der Waals surface area contributed by atoms with Gasteiger partial charge in [-0.25, -0.2) is 0 Å². The second kappa shape index (κ2) is 4.11. The molecule has 0 unspecified atom stereocenters. The van der Waals surface area contributed by atoms with Gasteiger partial charge in [-0.15, -0.1) is 0 Å². The van der Waals surface area contributed by atoms with E-state index in [4.69, 9.17) is 0 Å². The molecular weight excluding hydrogens is 272 g/mol. The summed E-state index contributed by atoms with van der Waals surface area (Å²) in [6.07, 6.45) is 0. The molecule has 1 nitrogen and oxygen atoms in total. The second-order valence-electron chi connectivity index (χ2n) is 4.30. The van der Waals surface area contributed by atoms with Crippen LogP contribution in [-0.4, -0.2) is 16.6 Å². The van der Waals surface area contributed by atoms with E-state index in [1.54, 1.807) is 0 Å². The summed E-state index contributed by atoms with van der Waals surface area (Å²) >= 11 is 5.29. The first-order valence-electron chi connectivity index (χ1n) is 5.11. The van der Waals surface area contributed by atoms with Crippen LogP contribution in [0, 0.1) is 12.8 Å². The largest absolute Gasteiger partial charge is 0.384 e. The highest BCUT2D eigenvalue weighted by atomic mass is 79.9. The molecule has 3 heteroatoms. The Bertz CT molecular complexity index is 380. The maximum atomic E-state index is 10.7. The highest BCUT2D eigenvalue weighted by Crippen LogP contribution is 2.42. The molecule has 1 N–H and O–H groups in total. The SMILES string of the molecule is Cc1cc(Br)ccc1[C@@]1(O)CSC[C@@H]1C. The third-order valence-electron chi connectivity index (χ3n) is 3.16. The van der Waals surface area contributed by atoms with Crippen LogP contribution in [0.4, 0.5) is 0 Å². The third kappa shape index (κ3) is 1.97. The van der Waals surface area contributed by atoms with Crippen LogP contribution < -0.4 is 0 Å². The van der Waals surface area contributed by atoms with Crippen molar-refractivity contribution in [1.82, 2.24) is 0 Å². The fourth-order valence-corrected chi connectivity index (χ4v) is 4.10. The zero-order valence-corrected chi connectivity index (χ0v) is 11.4. The van der Waals surface area contributed by atoms with Gasteiger partial charge in [0.25, 0.3) is 0 Å². The van der Waals surface area contributed by atoms with Crippen molar-refractivity contribution in [2.45, 2.75) is 19.4 Å². The minimum Gasteiger partial charge on any atom is -0.384 e. The van der Waals surface area contributed by atoms with Crippen LogP contribution >= 0.6 is 27.7 Å². The molecule has 0 aliphatic carbocycles. The summed E-state index contributed by atoms with van der Waals surface area (Å²) in [6.45, 7) is 4.19. The summed E-state index contributed by atoms with van der Waals surface area (Å²) in [5, 5.41) is 10.7. The Kier molecular flexibility index (Phi) is 3.15. The first-order valence-corrected chi connectivity index (χ1v) is 7.05. The molecule has 0 spiro atoms. The number of benzene rings is 1. The number of halogens is 1. The minimum absolute atomic E-state index is 0.336. The quantitative estimate of drug-likeness (QED) is 0.855. The van der Waals surface area contributed by atoms with Crippen LogP contribution in [0.3, 0.4) is 0 Å². The van der Waals surface area contributed by atoms with Gasteiger partial charge in [0.2, 0.25) is 0 Å². The van der Waals surface area contributed by atoms with Gasteiger partial charge in [0.15, 0.2) is 0 Å². The van der Waals surface area contributed by atoms with E-state index in [1.165, 1.54) is 5.56 Å². The lowest BCUT2D eigenvalue weighted by Crippen LogP contribution is -2.33. The van der Waals surface area contributed by atoms with E-state index in [-0.39, 0.29) is 0 Å². The maximum absolute atomic E-state index is 10.7. The molecule has 1 aliphatic rings. The molecule has 0 amide bonds. The lowest BCUT2D eigenvalue weighted by molar-refractivity contribution is 0.0228. The van der Waals surface area contributed by atoms with Crippen molar-refractivity contribution in [1.29, 1.82) is 0 Å². The van der Waals surface area contributed by atoms with Crippen molar-refractivity contribution < 1.29 is 5.11 Å². The highest BCUT2D eigenvalue weighted by molar-refractivity contribution is 9.10. The van der Waals surface area contributed by atoms with Crippen molar-refractivity contribution in [2.75, 3.05) is 11.5 Å². The summed E-state index contributed by atoms with van der Waals surface area (Å²) in [5.74, 6) is 2.20. The zero-order valence-electron chi connectivity index (χ0n) is 8.96. The Morgan fingerprint density at radius 3 is 2.80 bits per heavy atom. The van der Waals surface area contributed by atoms with Gasteiger partial charge in [-0.1, -0.05) is 28.9 Å². The van der Waals surface area contributed by atoms with Crippen LogP contribution in [0.5, 0.6) is 0 Å². The van der Waals surface area contributed by atoms with Crippen LogP contribution in [0.15, 0.2) is 22.7 Å². The summed E-state index contributed by atoms with van der Waals surface area (Å²) in [4.78, 5) is 0. The molecule has 0 aromatic heterocycles. The summed E-state index contributed by atoms with van der Waals surface area (Å²) in [7, 11) is 0. The van der Waals surface area contributed by atoms with Gasteiger partial charge in [-0.2, -0.15) is 11.8 Å². The zero-order chi connectivity index (χ0) is 11.1. The molecule has 1 aromatic rings. The lowest BCUT2D eigenvalue weighted by atomic mass is 9.83. The van der Waals surface area contributed by atoms with Gasteiger partial charge in [0.05, 0.1) is 0 Å². The molecule has 82 valence electrons. The van der Waals surface area contributed by atoms with Gasteiger partial charge in [-0.05, 0) is 41.9 Å². The van der Waals surface area contributed by atoms with Crippen molar-refractivity contribution >= 4 is 27.7 Å². The van der Waals surface area contributed by atoms with Crippen LogP contribution in [0.1, 0.15) is 18.1 Å². The topological polar surface area (TPSA) is 20.2 Å². The number of thioether (sulfide) groups is 1. The van der Waals surface area contributed by atoms with Crippen molar-refractivity contribution in [2.24, 2.45) is 5.92 Å². The molecule has 0 saturated carbocycles. The standard InChI is InChI=1S/C12H15BrOS/c1-8-5-10(13)3-4-11(8)12(14)7-15-6-9(12)2/h3-5,9,14H,6-7H2,1-2H3/t9-,12+/m0/s1. The summed E-state index contributed by atoms with van der Waals surface area (Å²) in [5.41, 5.74) is 1.62. The Morgan fingerprint density at radius 2 is 2.27 bits per heavy atom. The molecule has 1 heterocycles. The van der Waals surface area contributed by atoms with Crippen LogP contribution in [0.25, 0.3) is 0 Å². The number of hydrogen-bond donors (Lipinski definition) is 1. The predicted molar refractivity (Wildman–Crippen MR) is 69.3 cm³/mol. The normalized spacial score (nSPS) is 30.8. The summed E-state index contributed by atoms with van der Waals surface area (Å²) < 4.78 is 1.07. The first-order chi connectivity index (χ1) is 7.04. The first kappa shape index (κ1) is 11.5. The fraction of sp³-hybridized carbons (Fsp3) is 0.500. The molecule has 0 radical (unpaired) electrons. The third-order valence-corrected chi connectivity index (χ3v) is 5.03. The van der Waals surface area contributed by atoms with Gasteiger partial charge >= 0.3 is 0 Å². The van der Waals surface area contributed by atoms with Gasteiger partial charge in [0.1, 0.15) is 5.60 Å². The fourth-order valence-electron chi connectivity index (χ4n) is 2.13. The van der Waals surface area contributed by atoms with E-state index in [9.17, 15) is 5.11 Å². The molecule has 0 bridgehead atoms. The lowest BCUT2D eigenvalue weighted by Gasteiger charge is -2.29. The van der Waals surface area contributed by atoms with E-state index >= 15 is 0 Å². The molecule has 15 heavy (non-hydrogen) atoms. The van der Waals surface area contributed by atoms with E-state index in [2.05, 4.69) is 35.8 Å². The molecule has 2 rings (SSSR count). The average Bonchev–Trinajstić information content (AvgIpc) is 2.47. The van der Waals surface area contributed by atoms with Crippen LogP contribution in [0.2, 0.25) is 0 Å². The highest BCUT2D eigenvalue weighted by Gasteiger charge is 2.41. The molecule has 1 saturated heterocycles. The Balaban J connectivity index is 2.44. The number of aliphatic hydroxyl groups is 1. The molecular formula is C12H15BrOS. The monoisotopic (exact) mass is 286 g/mol. The number of hydrogen-bond acceptors (Lipinski definition) is 2. The van der Waals surface area contributed by atoms with Crippen molar-refractivity contribution in [3.05, 3.63) is 33.8 Å². The molecule has 1 aromatic carbocycles. The smallest absolute Gasteiger partial charge is 0.102 e. The Morgan fingerprint density at radius 1 is 1.53 bits per heavy atom. The van der Waals surface area contributed by atoms with Gasteiger partial charge < -0.3 is 5.11 Å². The van der Waals surface area contributed by atoms with Gasteiger partial charge in [-0.3, -0.25) is 0 Å². The molecule has 1 fully saturated rings. The van der Waals surface area contributed by atoms with Crippen molar-refractivity contribution in [3.8, 4) is 0 Å². The van der Waals surface area contributed by atoms with E-state index < -0.39 is 5.60 Å². The summed E-state index contributed by atoms with van der Waals surface area (Å²) in [6, 6.07) is 6.13. The predicted octanol–water partition coefficient (Wildman–Crippen LogP) is 3.33. The Hall–Kier alpha value is 0.01000. The molecule has 2 atom stereocenters. The maximum Gasteiger partial charge on any atom is 0.102 e. The second-order valence-corrected chi connectivity index (χ2v) is 6.25. The number of aryl methyl sites for hydroxylation is 1. The van der Waals surface area contributed by atoms with Crippen molar-refractivity contribution in [3.63, 3.8) is 0 Å². The van der Waals surface area contributed by atoms with Gasteiger partial charge in [0, 0.05) is 10.2 Å². The molecule has 1 aliphatic heterocycles. The van der Waals surface area contributed by atoms with E-state index in [1.807, 2.05) is 23.9 Å². The van der Waals surface area contributed by atoms with E-state index in [0.29, 0.717) is 5.92 Å².